The molecule has 0 saturated carbocycles. The Morgan fingerprint density at radius 1 is 1.15 bits per heavy atom. The minimum Gasteiger partial charge on any atom is -0.735 e. The van der Waals surface area contributed by atoms with Crippen LogP contribution in [-0.2, 0) is 10.3 Å². The maximum absolute atomic E-state index is 10.1. The summed E-state index contributed by atoms with van der Waals surface area (Å²) in [5.41, 5.74) is 0. The summed E-state index contributed by atoms with van der Waals surface area (Å²) in [5.74, 6) is 0. The molecule has 74 valence electrons. The van der Waals surface area contributed by atoms with Gasteiger partial charge in [0.1, 0.15) is 0 Å². The second kappa shape index (κ2) is 9.43. The Morgan fingerprint density at radius 2 is 1.69 bits per heavy atom. The van der Waals surface area contributed by atoms with Crippen molar-refractivity contribution in [1.29, 1.82) is 0 Å². The number of nitrogens with one attached hydrogen (secondary N) is 1. The number of rotatable bonds is 7. The number of hydrogen-bond donors (Lipinski definition) is 1. The first-order valence-electron chi connectivity index (χ1n) is 4.26. The average Bonchev–Trinajstić information content (AvgIpc) is 1.94. The Morgan fingerprint density at radius 3 is 2.15 bits per heavy atom. The van der Waals surface area contributed by atoms with Crippen LogP contribution < -0.4 is 34.3 Å². The van der Waals surface area contributed by atoms with E-state index < -0.39 is 10.3 Å². The van der Waals surface area contributed by atoms with Crippen molar-refractivity contribution in [3.05, 3.63) is 0 Å². The van der Waals surface area contributed by atoms with Gasteiger partial charge in [0.25, 0.3) is 0 Å². The average molecular weight is 217 g/mol. The maximum atomic E-state index is 10.1. The van der Waals surface area contributed by atoms with E-state index in [0.29, 0.717) is 0 Å². The van der Waals surface area contributed by atoms with Crippen molar-refractivity contribution in [1.82, 2.24) is 4.72 Å². The van der Waals surface area contributed by atoms with E-state index in [0.717, 1.165) is 25.7 Å². The number of unbranched alkanes of at least 4 members (excludes halogenated alkanes) is 4. The Bertz CT molecular complexity index is 194. The van der Waals surface area contributed by atoms with Gasteiger partial charge in [0, 0.05) is 6.54 Å². The van der Waals surface area contributed by atoms with Crippen LogP contribution in [0.25, 0.3) is 0 Å². The first-order chi connectivity index (χ1) is 5.56. The molecule has 0 aliphatic rings. The first kappa shape index (κ1) is 16.3. The van der Waals surface area contributed by atoms with Crippen LogP contribution >= 0.6 is 0 Å². The molecule has 1 N–H and O–H groups in total. The molecule has 0 bridgehead atoms. The van der Waals surface area contributed by atoms with E-state index in [9.17, 15) is 13.0 Å². The summed E-state index contributed by atoms with van der Waals surface area (Å²) in [7, 11) is -4.22. The molecule has 0 rings (SSSR count). The second-order valence-corrected chi connectivity index (χ2v) is 3.96. The van der Waals surface area contributed by atoms with Crippen molar-refractivity contribution in [3.8, 4) is 0 Å². The van der Waals surface area contributed by atoms with Gasteiger partial charge >= 0.3 is 29.6 Å². The van der Waals surface area contributed by atoms with Gasteiger partial charge in [0.05, 0.1) is 0 Å². The Kier molecular flexibility index (Phi) is 11.8. The smallest absolute Gasteiger partial charge is 0.735 e. The zero-order valence-corrected chi connectivity index (χ0v) is 11.2. The molecule has 0 heterocycles. The van der Waals surface area contributed by atoms with Crippen molar-refractivity contribution in [3.63, 3.8) is 0 Å². The molecule has 6 heteroatoms. The van der Waals surface area contributed by atoms with E-state index in [4.69, 9.17) is 0 Å². The normalized spacial score (nSPS) is 10.9. The fourth-order valence-corrected chi connectivity index (χ4v) is 1.32. The van der Waals surface area contributed by atoms with Gasteiger partial charge in [-0.25, -0.2) is 13.1 Å². The molecule has 0 aromatic heterocycles. The molecule has 0 radical (unpaired) electrons. The molecule has 0 aliphatic heterocycles. The zero-order valence-electron chi connectivity index (χ0n) is 8.38. The van der Waals surface area contributed by atoms with Gasteiger partial charge in [-0.1, -0.05) is 32.6 Å². The van der Waals surface area contributed by atoms with Gasteiger partial charge in [-0.05, 0) is 6.42 Å². The van der Waals surface area contributed by atoms with E-state index in [1.807, 2.05) is 4.72 Å². The second-order valence-electron chi connectivity index (χ2n) is 2.76. The summed E-state index contributed by atoms with van der Waals surface area (Å²) in [5, 5.41) is 0. The topological polar surface area (TPSA) is 69.2 Å². The molecular formula is C7H16NNaO3S. The van der Waals surface area contributed by atoms with Crippen LogP contribution in [0.15, 0.2) is 0 Å². The predicted octanol–water partition coefficient (Wildman–Crippen LogP) is -1.99. The molecular weight excluding hydrogens is 201 g/mol. The molecule has 0 spiro atoms. The Labute approximate surface area is 103 Å². The van der Waals surface area contributed by atoms with Crippen molar-refractivity contribution < 1.29 is 42.5 Å². The molecule has 0 atom stereocenters. The molecule has 0 aromatic rings. The van der Waals surface area contributed by atoms with E-state index in [-0.39, 0.29) is 36.1 Å². The summed E-state index contributed by atoms with van der Waals surface area (Å²) in [6, 6.07) is 0. The van der Waals surface area contributed by atoms with Crippen LogP contribution in [0.3, 0.4) is 0 Å². The molecule has 0 unspecified atom stereocenters. The SMILES string of the molecule is CCCCCCCNS(=O)(=O)[O-].[Na+]. The van der Waals surface area contributed by atoms with Crippen LogP contribution in [0.2, 0.25) is 0 Å². The summed E-state index contributed by atoms with van der Waals surface area (Å²) in [6.45, 7) is 2.38. The quantitative estimate of drug-likeness (QED) is 0.305. The third kappa shape index (κ3) is 15.6. The van der Waals surface area contributed by atoms with Gasteiger partial charge in [0.2, 0.25) is 0 Å². The monoisotopic (exact) mass is 217 g/mol. The van der Waals surface area contributed by atoms with E-state index in [1.54, 1.807) is 0 Å². The molecule has 0 aliphatic carbocycles. The third-order valence-electron chi connectivity index (χ3n) is 1.56. The van der Waals surface area contributed by atoms with Gasteiger partial charge in [-0.15, -0.1) is 0 Å². The zero-order chi connectivity index (χ0) is 9.45. The van der Waals surface area contributed by atoms with Gasteiger partial charge < -0.3 is 4.55 Å². The molecule has 0 saturated heterocycles. The van der Waals surface area contributed by atoms with Crippen molar-refractivity contribution in [2.75, 3.05) is 6.54 Å². The van der Waals surface area contributed by atoms with Crippen molar-refractivity contribution in [2.45, 2.75) is 39.0 Å². The maximum Gasteiger partial charge on any atom is 1.00 e. The number of hydrogen-bond acceptors (Lipinski definition) is 3. The van der Waals surface area contributed by atoms with Gasteiger partial charge in [-0.3, -0.25) is 0 Å². The third-order valence-corrected chi connectivity index (χ3v) is 2.12. The van der Waals surface area contributed by atoms with Crippen molar-refractivity contribution >= 4 is 10.3 Å². The largest absolute Gasteiger partial charge is 1.00 e. The first-order valence-corrected chi connectivity index (χ1v) is 5.67. The van der Waals surface area contributed by atoms with Crippen LogP contribution in [0.1, 0.15) is 39.0 Å². The molecule has 0 fully saturated rings. The predicted molar refractivity (Wildman–Crippen MR) is 46.5 cm³/mol. The fraction of sp³-hybridized carbons (Fsp3) is 1.00. The van der Waals surface area contributed by atoms with E-state index in [2.05, 4.69) is 6.92 Å². The minimum atomic E-state index is -4.22. The molecule has 13 heavy (non-hydrogen) atoms. The van der Waals surface area contributed by atoms with Crippen LogP contribution in [0, 0.1) is 0 Å². The van der Waals surface area contributed by atoms with Gasteiger partial charge in [0.15, 0.2) is 10.3 Å². The standard InChI is InChI=1S/C7H17NO3S.Na/c1-2-3-4-5-6-7-8-12(9,10)11;/h8H,2-7H2,1H3,(H,9,10,11);/q;+1/p-1. The molecule has 0 amide bonds. The van der Waals surface area contributed by atoms with Crippen LogP contribution in [0.4, 0.5) is 0 Å². The van der Waals surface area contributed by atoms with Crippen LogP contribution in [-0.4, -0.2) is 19.5 Å². The summed E-state index contributed by atoms with van der Waals surface area (Å²) in [6.07, 6.45) is 5.17. The van der Waals surface area contributed by atoms with Crippen molar-refractivity contribution in [2.24, 2.45) is 0 Å². The minimum absolute atomic E-state index is 0. The van der Waals surface area contributed by atoms with E-state index in [1.165, 1.54) is 6.42 Å². The molecule has 4 nitrogen and oxygen atoms in total. The van der Waals surface area contributed by atoms with Crippen LogP contribution in [0.5, 0.6) is 0 Å². The Hall–Kier alpha value is 0.870. The fourth-order valence-electron chi connectivity index (χ4n) is 0.926. The van der Waals surface area contributed by atoms with Gasteiger partial charge in [-0.2, -0.15) is 0 Å². The van der Waals surface area contributed by atoms with E-state index >= 15 is 0 Å². The summed E-state index contributed by atoms with van der Waals surface area (Å²) < 4.78 is 32.1. The summed E-state index contributed by atoms with van der Waals surface area (Å²) >= 11 is 0. The molecule has 0 aromatic carbocycles. The summed E-state index contributed by atoms with van der Waals surface area (Å²) in [4.78, 5) is 0. The Balaban J connectivity index is 0.